The van der Waals surface area contributed by atoms with Crippen molar-refractivity contribution < 1.29 is 13.1 Å². The Morgan fingerprint density at radius 2 is 1.55 bits per heavy atom. The highest BCUT2D eigenvalue weighted by molar-refractivity contribution is 6.58. The summed E-state index contributed by atoms with van der Waals surface area (Å²) in [5, 5.41) is 1.09. The fraction of sp³-hybridized carbons (Fsp3) is 0.348. The largest absolute Gasteiger partial charge is 0.737 e. The van der Waals surface area contributed by atoms with Crippen LogP contribution in [0.5, 0.6) is 0 Å². The Morgan fingerprint density at radius 1 is 0.968 bits per heavy atom. The maximum absolute atomic E-state index is 16.2. The molecular formula is C23H24BCl3F2N2. The molecule has 0 saturated heterocycles. The second-order valence-corrected chi connectivity index (χ2v) is 9.48. The number of nitrogens with zero attached hydrogens (tertiary/aromatic N) is 2. The monoisotopic (exact) mass is 482 g/mol. The number of halogens is 5. The van der Waals surface area contributed by atoms with Crippen LogP contribution in [0.15, 0.2) is 29.0 Å². The minimum absolute atomic E-state index is 0.343. The van der Waals surface area contributed by atoms with Crippen LogP contribution in [0.2, 0.25) is 15.1 Å². The van der Waals surface area contributed by atoms with Crippen LogP contribution in [0, 0.1) is 13.8 Å². The normalized spacial score (nSPS) is 17.6. The van der Waals surface area contributed by atoms with E-state index in [1.54, 1.807) is 26.0 Å². The van der Waals surface area contributed by atoms with Crippen molar-refractivity contribution in [3.63, 3.8) is 0 Å². The highest BCUT2D eigenvalue weighted by atomic mass is 35.5. The number of allylic oxidation sites excluding steroid dienone is 2. The van der Waals surface area contributed by atoms with Gasteiger partial charge < -0.3 is 17.6 Å². The summed E-state index contributed by atoms with van der Waals surface area (Å²) in [5.74, 6) is 0. The lowest BCUT2D eigenvalue weighted by molar-refractivity contribution is -0.363. The fourth-order valence-electron chi connectivity index (χ4n) is 5.50. The van der Waals surface area contributed by atoms with Crippen molar-refractivity contribution in [1.29, 1.82) is 0 Å². The average Bonchev–Trinajstić information content (AvgIpc) is 3.08. The minimum atomic E-state index is -4.09. The van der Waals surface area contributed by atoms with Crippen LogP contribution < -0.4 is 0 Å². The molecule has 0 aliphatic carbocycles. The lowest BCUT2D eigenvalue weighted by Crippen LogP contribution is -2.51. The zero-order valence-corrected chi connectivity index (χ0v) is 20.7. The summed E-state index contributed by atoms with van der Waals surface area (Å²) < 4.78 is 34.9. The van der Waals surface area contributed by atoms with E-state index in [0.29, 0.717) is 61.8 Å². The number of fused-ring (bicyclic) bond motifs is 2. The van der Waals surface area contributed by atoms with E-state index in [9.17, 15) is 0 Å². The first kappa shape index (κ1) is 22.6. The molecular weight excluding hydrogens is 459 g/mol. The Kier molecular flexibility index (Phi) is 5.48. The van der Waals surface area contributed by atoms with Crippen molar-refractivity contribution in [3.05, 3.63) is 72.1 Å². The molecule has 0 N–H and O–H groups in total. The number of rotatable bonds is 3. The lowest BCUT2D eigenvalue weighted by Gasteiger charge is -2.34. The molecule has 2 nitrogen and oxygen atoms in total. The van der Waals surface area contributed by atoms with Gasteiger partial charge in [0.25, 0.3) is 0 Å². The first-order valence-corrected chi connectivity index (χ1v) is 11.6. The van der Waals surface area contributed by atoms with Crippen LogP contribution >= 0.6 is 34.8 Å². The molecule has 2 aliphatic rings. The molecule has 0 atom stereocenters. The molecule has 2 aromatic rings. The molecule has 1 aromatic carbocycles. The second-order valence-electron chi connectivity index (χ2n) is 8.23. The van der Waals surface area contributed by atoms with E-state index in [1.165, 1.54) is 8.96 Å². The predicted octanol–water partition coefficient (Wildman–Crippen LogP) is 7.84. The Morgan fingerprint density at radius 3 is 2.06 bits per heavy atom. The van der Waals surface area contributed by atoms with Gasteiger partial charge in [-0.1, -0.05) is 48.7 Å². The highest BCUT2D eigenvalue weighted by Crippen LogP contribution is 2.50. The number of hydrogen-bond donors (Lipinski definition) is 0. The first-order valence-electron chi connectivity index (χ1n) is 10.4. The number of benzene rings is 1. The van der Waals surface area contributed by atoms with E-state index in [0.717, 1.165) is 22.3 Å². The number of hydrogen-bond acceptors (Lipinski definition) is 0. The van der Waals surface area contributed by atoms with E-state index in [-0.39, 0.29) is 0 Å². The van der Waals surface area contributed by atoms with Crippen molar-refractivity contribution in [2.75, 3.05) is 0 Å². The smallest absolute Gasteiger partial charge is 0.393 e. The SMILES string of the molecule is CCC1=C(C)C2=C(c3c(Cl)cc(Cl)cc3Cl)c3c(C)c(CC)c(C)n3[B-](F)(F)[N+]2=C1C. The van der Waals surface area contributed by atoms with Gasteiger partial charge in [-0.15, -0.1) is 0 Å². The first-order chi connectivity index (χ1) is 14.5. The van der Waals surface area contributed by atoms with E-state index in [2.05, 4.69) is 0 Å². The Balaban J connectivity index is 2.29. The Bertz CT molecular complexity index is 1230. The maximum Gasteiger partial charge on any atom is 0.737 e. The van der Waals surface area contributed by atoms with Gasteiger partial charge in [-0.2, -0.15) is 0 Å². The van der Waals surface area contributed by atoms with Crippen LogP contribution in [-0.4, -0.2) is 21.6 Å². The molecule has 3 heterocycles. The summed E-state index contributed by atoms with van der Waals surface area (Å²) in [4.78, 5) is 0. The van der Waals surface area contributed by atoms with Gasteiger partial charge in [-0.05, 0) is 62.6 Å². The fourth-order valence-corrected chi connectivity index (χ4v) is 6.50. The summed E-state index contributed by atoms with van der Waals surface area (Å²) in [5.41, 5.74) is 6.82. The van der Waals surface area contributed by atoms with Crippen LogP contribution in [0.25, 0.3) is 5.57 Å². The third kappa shape index (κ3) is 2.93. The molecule has 0 spiro atoms. The third-order valence-electron chi connectivity index (χ3n) is 6.75. The summed E-state index contributed by atoms with van der Waals surface area (Å²) >= 11 is 19.5. The Labute approximate surface area is 196 Å². The summed E-state index contributed by atoms with van der Waals surface area (Å²) in [6, 6.07) is 3.23. The van der Waals surface area contributed by atoms with E-state index in [4.69, 9.17) is 34.8 Å². The lowest BCUT2D eigenvalue weighted by atomic mass is 9.83. The third-order valence-corrected chi connectivity index (χ3v) is 7.57. The van der Waals surface area contributed by atoms with Crippen LogP contribution in [-0.2, 0) is 6.42 Å². The molecule has 0 fully saturated rings. The quantitative estimate of drug-likeness (QED) is 0.393. The standard InChI is InChI=1S/C23H24BCl3F2N2/c1-7-16-11(3)22-21(20-18(26)9-15(25)10-19(20)27)23-12(4)17(8-2)14(6)31(23)24(28,29)30(22)13(16)5/h9-10H,7-8H2,1-6H3. The topological polar surface area (TPSA) is 7.94 Å². The van der Waals surface area contributed by atoms with E-state index >= 15 is 8.63 Å². The summed E-state index contributed by atoms with van der Waals surface area (Å²) in [7, 11) is 0. The molecule has 4 rings (SSSR count). The van der Waals surface area contributed by atoms with Gasteiger partial charge in [-0.25, -0.2) is 0 Å². The van der Waals surface area contributed by atoms with Gasteiger partial charge in [0.05, 0.1) is 15.6 Å². The maximum atomic E-state index is 16.2. The predicted molar refractivity (Wildman–Crippen MR) is 128 cm³/mol. The molecule has 0 radical (unpaired) electrons. The van der Waals surface area contributed by atoms with Gasteiger partial charge in [0.15, 0.2) is 5.70 Å². The minimum Gasteiger partial charge on any atom is -0.393 e. The molecule has 0 amide bonds. The van der Waals surface area contributed by atoms with Crippen molar-refractivity contribution in [2.45, 2.75) is 54.4 Å². The molecule has 31 heavy (non-hydrogen) atoms. The molecule has 0 saturated carbocycles. The van der Waals surface area contributed by atoms with Gasteiger partial charge in [0.1, 0.15) is 5.71 Å². The van der Waals surface area contributed by atoms with Gasteiger partial charge in [0.2, 0.25) is 0 Å². The zero-order chi connectivity index (χ0) is 23.0. The van der Waals surface area contributed by atoms with Crippen molar-refractivity contribution in [1.82, 2.24) is 4.48 Å². The summed E-state index contributed by atoms with van der Waals surface area (Å²) in [6.07, 6.45) is 1.32. The molecule has 0 unspecified atom stereocenters. The van der Waals surface area contributed by atoms with Crippen LogP contribution in [0.1, 0.15) is 62.2 Å². The van der Waals surface area contributed by atoms with Gasteiger partial charge in [-0.3, -0.25) is 0 Å². The molecule has 164 valence electrons. The molecule has 2 aliphatic heterocycles. The zero-order valence-electron chi connectivity index (χ0n) is 18.4. The molecule has 8 heteroatoms. The van der Waals surface area contributed by atoms with Gasteiger partial charge >= 0.3 is 6.97 Å². The molecule has 0 bridgehead atoms. The average molecular weight is 484 g/mol. The summed E-state index contributed by atoms with van der Waals surface area (Å²) in [6.45, 7) is 7.24. The van der Waals surface area contributed by atoms with Crippen LogP contribution in [0.4, 0.5) is 8.63 Å². The van der Waals surface area contributed by atoms with Crippen molar-refractivity contribution in [2.24, 2.45) is 0 Å². The number of aromatic nitrogens is 1. The molecule has 1 aromatic heterocycles. The van der Waals surface area contributed by atoms with E-state index in [1.807, 2.05) is 27.7 Å². The van der Waals surface area contributed by atoms with Crippen LogP contribution in [0.3, 0.4) is 0 Å². The van der Waals surface area contributed by atoms with Gasteiger partial charge in [0, 0.05) is 34.3 Å². The Hall–Kier alpha value is -1.56. The van der Waals surface area contributed by atoms with Crippen molar-refractivity contribution >= 4 is 53.1 Å². The second kappa shape index (κ2) is 7.50. The van der Waals surface area contributed by atoms with E-state index < -0.39 is 6.97 Å². The van der Waals surface area contributed by atoms with Crippen molar-refractivity contribution in [3.8, 4) is 0 Å². The highest BCUT2D eigenvalue weighted by Gasteiger charge is 2.57.